The molecule has 1 rings (SSSR count). The Bertz CT molecular complexity index is 304. The van der Waals surface area contributed by atoms with Crippen LogP contribution in [0.25, 0.3) is 0 Å². The Kier molecular flexibility index (Phi) is 3.43. The van der Waals surface area contributed by atoms with Gasteiger partial charge in [0.05, 0.1) is 6.61 Å². The van der Waals surface area contributed by atoms with E-state index in [1.165, 1.54) is 0 Å². The van der Waals surface area contributed by atoms with E-state index in [0.29, 0.717) is 18.2 Å². The van der Waals surface area contributed by atoms with E-state index >= 15 is 0 Å². The van der Waals surface area contributed by atoms with Gasteiger partial charge in [-0.1, -0.05) is 0 Å². The summed E-state index contributed by atoms with van der Waals surface area (Å²) < 4.78 is 0. The third kappa shape index (κ3) is 2.44. The maximum Gasteiger partial charge on any atom is 0.223 e. The number of nitrogens with two attached hydrogens (primary N) is 2. The number of aromatic nitrogens is 2. The number of nitrogens with one attached hydrogen (secondary N) is 1. The van der Waals surface area contributed by atoms with Crippen LogP contribution in [-0.2, 0) is 0 Å². The standard InChI is InChI=1S/C7H14N6O/c1-13(2-3-14)6-4-5(12-9)10-7(8)11-6/h4,14H,2-3,9H2,1H3,(H3,8,10,11,12). The molecule has 1 aromatic heterocycles. The van der Waals surface area contributed by atoms with Gasteiger partial charge in [0.2, 0.25) is 5.95 Å². The molecule has 1 aromatic rings. The molecular weight excluding hydrogens is 184 g/mol. The monoisotopic (exact) mass is 198 g/mol. The normalized spacial score (nSPS) is 9.93. The zero-order valence-corrected chi connectivity index (χ0v) is 7.94. The molecule has 0 fully saturated rings. The number of aliphatic hydroxyl groups is 1. The summed E-state index contributed by atoms with van der Waals surface area (Å²) in [4.78, 5) is 9.57. The highest BCUT2D eigenvalue weighted by Crippen LogP contribution is 2.14. The van der Waals surface area contributed by atoms with Gasteiger partial charge in [0.15, 0.2) is 0 Å². The Morgan fingerprint density at radius 3 is 2.86 bits per heavy atom. The van der Waals surface area contributed by atoms with E-state index in [1.54, 1.807) is 18.0 Å². The minimum atomic E-state index is 0.0474. The Morgan fingerprint density at radius 2 is 2.29 bits per heavy atom. The highest BCUT2D eigenvalue weighted by Gasteiger charge is 2.05. The van der Waals surface area contributed by atoms with Crippen LogP contribution < -0.4 is 21.9 Å². The van der Waals surface area contributed by atoms with Gasteiger partial charge < -0.3 is 21.2 Å². The Balaban J connectivity index is 2.90. The van der Waals surface area contributed by atoms with Gasteiger partial charge in [0.1, 0.15) is 11.6 Å². The van der Waals surface area contributed by atoms with Crippen LogP contribution in [-0.4, -0.2) is 35.3 Å². The highest BCUT2D eigenvalue weighted by atomic mass is 16.3. The molecule has 0 saturated carbocycles. The topological polar surface area (TPSA) is 113 Å². The Hall–Kier alpha value is -1.60. The molecule has 6 N–H and O–H groups in total. The average molecular weight is 198 g/mol. The SMILES string of the molecule is CN(CCO)c1cc(NN)nc(N)n1. The number of aliphatic hydroxyl groups excluding tert-OH is 1. The summed E-state index contributed by atoms with van der Waals surface area (Å²) in [5, 5.41) is 8.74. The molecule has 7 nitrogen and oxygen atoms in total. The molecule has 0 aliphatic heterocycles. The van der Waals surface area contributed by atoms with E-state index < -0.39 is 0 Å². The van der Waals surface area contributed by atoms with Gasteiger partial charge in [-0.2, -0.15) is 9.97 Å². The van der Waals surface area contributed by atoms with Gasteiger partial charge in [0.25, 0.3) is 0 Å². The molecule has 0 aliphatic rings. The van der Waals surface area contributed by atoms with E-state index in [2.05, 4.69) is 15.4 Å². The second kappa shape index (κ2) is 4.58. The molecule has 0 aliphatic carbocycles. The predicted molar refractivity (Wildman–Crippen MR) is 54.6 cm³/mol. The molecular formula is C7H14N6O. The zero-order valence-electron chi connectivity index (χ0n) is 7.94. The lowest BCUT2D eigenvalue weighted by Gasteiger charge is -2.17. The van der Waals surface area contributed by atoms with E-state index in [4.69, 9.17) is 16.7 Å². The minimum absolute atomic E-state index is 0.0474. The maximum absolute atomic E-state index is 8.74. The Labute approximate surface area is 81.7 Å². The molecule has 0 radical (unpaired) electrons. The van der Waals surface area contributed by atoms with E-state index in [9.17, 15) is 0 Å². The number of nitrogens with zero attached hydrogens (tertiary/aromatic N) is 3. The first-order valence-electron chi connectivity index (χ1n) is 4.10. The van der Waals surface area contributed by atoms with Gasteiger partial charge in [-0.05, 0) is 0 Å². The smallest absolute Gasteiger partial charge is 0.223 e. The van der Waals surface area contributed by atoms with Crippen molar-refractivity contribution in [2.24, 2.45) is 5.84 Å². The van der Waals surface area contributed by atoms with Crippen LogP contribution >= 0.6 is 0 Å². The Morgan fingerprint density at radius 1 is 1.57 bits per heavy atom. The molecule has 7 heteroatoms. The number of nitrogen functional groups attached to an aromatic ring is 2. The first-order valence-corrected chi connectivity index (χ1v) is 4.10. The summed E-state index contributed by atoms with van der Waals surface area (Å²) in [5.41, 5.74) is 7.85. The van der Waals surface area contributed by atoms with Crippen molar-refractivity contribution in [2.45, 2.75) is 0 Å². The van der Waals surface area contributed by atoms with Crippen LogP contribution in [0, 0.1) is 0 Å². The number of rotatable bonds is 4. The lowest BCUT2D eigenvalue weighted by molar-refractivity contribution is 0.304. The van der Waals surface area contributed by atoms with Crippen molar-refractivity contribution in [1.82, 2.24) is 9.97 Å². The maximum atomic E-state index is 8.74. The summed E-state index contributed by atoms with van der Waals surface area (Å²) in [7, 11) is 1.79. The van der Waals surface area contributed by atoms with Crippen molar-refractivity contribution in [3.8, 4) is 0 Å². The quantitative estimate of drug-likeness (QED) is 0.354. The van der Waals surface area contributed by atoms with Crippen LogP contribution in [0.15, 0.2) is 6.07 Å². The summed E-state index contributed by atoms with van der Waals surface area (Å²) in [6.45, 7) is 0.520. The number of anilines is 3. The molecule has 0 spiro atoms. The molecule has 0 saturated heterocycles. The fraction of sp³-hybridized carbons (Fsp3) is 0.429. The zero-order chi connectivity index (χ0) is 10.6. The molecule has 0 aromatic carbocycles. The van der Waals surface area contributed by atoms with Crippen LogP contribution in [0.1, 0.15) is 0 Å². The molecule has 78 valence electrons. The summed E-state index contributed by atoms with van der Waals surface area (Å²) >= 11 is 0. The minimum Gasteiger partial charge on any atom is -0.395 e. The van der Waals surface area contributed by atoms with Crippen molar-refractivity contribution in [1.29, 1.82) is 0 Å². The van der Waals surface area contributed by atoms with E-state index in [0.717, 1.165) is 0 Å². The molecule has 0 bridgehead atoms. The summed E-state index contributed by atoms with van der Waals surface area (Å²) in [6, 6.07) is 1.64. The first kappa shape index (κ1) is 10.5. The van der Waals surface area contributed by atoms with Crippen LogP contribution in [0.3, 0.4) is 0 Å². The lowest BCUT2D eigenvalue weighted by Crippen LogP contribution is -2.23. The highest BCUT2D eigenvalue weighted by molar-refractivity contribution is 5.51. The fourth-order valence-electron chi connectivity index (χ4n) is 0.987. The van der Waals surface area contributed by atoms with Gasteiger partial charge >= 0.3 is 0 Å². The van der Waals surface area contributed by atoms with Crippen molar-refractivity contribution in [2.75, 3.05) is 36.3 Å². The summed E-state index contributed by atoms with van der Waals surface area (Å²) in [5.74, 6) is 6.39. The van der Waals surface area contributed by atoms with Crippen LogP contribution in [0.2, 0.25) is 0 Å². The van der Waals surface area contributed by atoms with Crippen molar-refractivity contribution >= 4 is 17.6 Å². The fourth-order valence-corrected chi connectivity index (χ4v) is 0.987. The molecule has 0 atom stereocenters. The predicted octanol–water partition coefficient (Wildman–Crippen LogP) is -1.23. The van der Waals surface area contributed by atoms with Gasteiger partial charge in [0, 0.05) is 19.7 Å². The second-order valence-corrected chi connectivity index (χ2v) is 2.76. The number of hydrogen-bond donors (Lipinski definition) is 4. The van der Waals surface area contributed by atoms with Gasteiger partial charge in [-0.15, -0.1) is 0 Å². The van der Waals surface area contributed by atoms with Gasteiger partial charge in [-0.25, -0.2) is 5.84 Å². The van der Waals surface area contributed by atoms with Crippen LogP contribution in [0.5, 0.6) is 0 Å². The van der Waals surface area contributed by atoms with Crippen LogP contribution in [0.4, 0.5) is 17.6 Å². The van der Waals surface area contributed by atoms with E-state index in [1.807, 2.05) is 0 Å². The number of hydrogen-bond acceptors (Lipinski definition) is 7. The average Bonchev–Trinajstić information content (AvgIpc) is 2.17. The largest absolute Gasteiger partial charge is 0.395 e. The number of hydrazine groups is 1. The third-order valence-electron chi connectivity index (χ3n) is 1.70. The lowest BCUT2D eigenvalue weighted by atomic mass is 10.4. The molecule has 0 unspecified atom stereocenters. The molecule has 1 heterocycles. The third-order valence-corrected chi connectivity index (χ3v) is 1.70. The first-order chi connectivity index (χ1) is 6.67. The second-order valence-electron chi connectivity index (χ2n) is 2.76. The molecule has 0 amide bonds. The summed E-state index contributed by atoms with van der Waals surface area (Å²) in [6.07, 6.45) is 0. The van der Waals surface area contributed by atoms with E-state index in [-0.39, 0.29) is 12.6 Å². The van der Waals surface area contributed by atoms with Crippen molar-refractivity contribution < 1.29 is 5.11 Å². The van der Waals surface area contributed by atoms with Gasteiger partial charge in [-0.3, -0.25) is 0 Å². The van der Waals surface area contributed by atoms with Crippen molar-refractivity contribution in [3.63, 3.8) is 0 Å². The molecule has 14 heavy (non-hydrogen) atoms. The van der Waals surface area contributed by atoms with Crippen molar-refractivity contribution in [3.05, 3.63) is 6.07 Å². The number of likely N-dealkylation sites (N-methyl/N-ethyl adjacent to an activating group) is 1.